The number of nitrogens with one attached hydrogen (secondary N) is 1. The highest BCUT2D eigenvalue weighted by molar-refractivity contribution is 5.61. The number of fused-ring (bicyclic) bond motifs is 1. The summed E-state index contributed by atoms with van der Waals surface area (Å²) in [5.41, 5.74) is 4.43. The molecule has 4 heteroatoms. The number of aromatic nitrogens is 3. The van der Waals surface area contributed by atoms with Gasteiger partial charge in [0.1, 0.15) is 5.52 Å². The van der Waals surface area contributed by atoms with E-state index in [0.29, 0.717) is 5.52 Å². The fourth-order valence-electron chi connectivity index (χ4n) is 2.42. The van der Waals surface area contributed by atoms with Crippen LogP contribution in [0.25, 0.3) is 16.8 Å². The Morgan fingerprint density at radius 1 is 1.14 bits per heavy atom. The van der Waals surface area contributed by atoms with Gasteiger partial charge in [-0.05, 0) is 29.5 Å². The third-order valence-corrected chi connectivity index (χ3v) is 3.65. The molecule has 3 aromatic rings. The SMILES string of the molecule is Cc1cc2c(=O)[nH]c(-c3ccc(C(C)(C)C)cc3)cn2n1. The number of H-pyrrole nitrogens is 1. The Bertz CT molecular complexity index is 848. The van der Waals surface area contributed by atoms with Gasteiger partial charge in [-0.2, -0.15) is 5.10 Å². The Labute approximate surface area is 123 Å². The maximum Gasteiger partial charge on any atom is 0.274 e. The van der Waals surface area contributed by atoms with Gasteiger partial charge in [0, 0.05) is 0 Å². The molecular weight excluding hydrogens is 262 g/mol. The van der Waals surface area contributed by atoms with Gasteiger partial charge in [-0.1, -0.05) is 45.0 Å². The smallest absolute Gasteiger partial charge is 0.274 e. The van der Waals surface area contributed by atoms with Crippen molar-refractivity contribution in [2.24, 2.45) is 0 Å². The van der Waals surface area contributed by atoms with Gasteiger partial charge in [0.15, 0.2) is 0 Å². The molecule has 0 spiro atoms. The van der Waals surface area contributed by atoms with Crippen LogP contribution in [-0.2, 0) is 5.41 Å². The standard InChI is InChI=1S/C17H19N3O/c1-11-9-15-16(21)18-14(10-20(15)19-11)12-5-7-13(8-6-12)17(2,3)4/h5-10H,1-4H3,(H,18,21). The number of aromatic amines is 1. The Hall–Kier alpha value is -2.36. The van der Waals surface area contributed by atoms with Crippen LogP contribution in [0.5, 0.6) is 0 Å². The van der Waals surface area contributed by atoms with E-state index in [1.165, 1.54) is 5.56 Å². The second-order valence-electron chi connectivity index (χ2n) is 6.44. The molecule has 2 aromatic heterocycles. The molecule has 0 saturated heterocycles. The van der Waals surface area contributed by atoms with Gasteiger partial charge in [-0.15, -0.1) is 0 Å². The minimum Gasteiger partial charge on any atom is -0.319 e. The van der Waals surface area contributed by atoms with E-state index >= 15 is 0 Å². The topological polar surface area (TPSA) is 50.2 Å². The van der Waals surface area contributed by atoms with Crippen molar-refractivity contribution >= 4 is 5.52 Å². The van der Waals surface area contributed by atoms with Crippen LogP contribution in [0, 0.1) is 6.92 Å². The summed E-state index contributed by atoms with van der Waals surface area (Å²) in [5.74, 6) is 0. The molecule has 0 fully saturated rings. The summed E-state index contributed by atoms with van der Waals surface area (Å²) in [4.78, 5) is 15.0. The molecule has 0 aliphatic carbocycles. The zero-order chi connectivity index (χ0) is 15.2. The zero-order valence-corrected chi connectivity index (χ0v) is 12.8. The van der Waals surface area contributed by atoms with Crippen LogP contribution in [-0.4, -0.2) is 14.6 Å². The van der Waals surface area contributed by atoms with Crippen LogP contribution in [0.3, 0.4) is 0 Å². The molecule has 0 saturated carbocycles. The molecule has 0 unspecified atom stereocenters. The predicted molar refractivity (Wildman–Crippen MR) is 84.7 cm³/mol. The Balaban J connectivity index is 2.10. The highest BCUT2D eigenvalue weighted by atomic mass is 16.1. The van der Waals surface area contributed by atoms with E-state index in [1.54, 1.807) is 10.6 Å². The first-order valence-electron chi connectivity index (χ1n) is 7.05. The average molecular weight is 281 g/mol. The van der Waals surface area contributed by atoms with Crippen LogP contribution in [0.15, 0.2) is 41.3 Å². The molecule has 2 heterocycles. The van der Waals surface area contributed by atoms with Crippen LogP contribution in [0.1, 0.15) is 32.0 Å². The van der Waals surface area contributed by atoms with Crippen molar-refractivity contribution < 1.29 is 0 Å². The Kier molecular flexibility index (Phi) is 2.97. The number of benzene rings is 1. The molecule has 1 aromatic carbocycles. The van der Waals surface area contributed by atoms with Gasteiger partial charge in [-0.25, -0.2) is 4.52 Å². The molecule has 0 aliphatic heterocycles. The normalized spacial score (nSPS) is 12.0. The summed E-state index contributed by atoms with van der Waals surface area (Å²) >= 11 is 0. The van der Waals surface area contributed by atoms with Crippen molar-refractivity contribution in [3.8, 4) is 11.3 Å². The van der Waals surface area contributed by atoms with Crippen LogP contribution >= 0.6 is 0 Å². The minimum absolute atomic E-state index is 0.118. The van der Waals surface area contributed by atoms with E-state index < -0.39 is 0 Å². The fourth-order valence-corrected chi connectivity index (χ4v) is 2.42. The van der Waals surface area contributed by atoms with Crippen LogP contribution in [0.2, 0.25) is 0 Å². The lowest BCUT2D eigenvalue weighted by Gasteiger charge is -2.19. The van der Waals surface area contributed by atoms with Gasteiger partial charge in [0.05, 0.1) is 17.6 Å². The fraction of sp³-hybridized carbons (Fsp3) is 0.294. The molecular formula is C17H19N3O. The second-order valence-corrected chi connectivity index (χ2v) is 6.44. The number of aryl methyl sites for hydroxylation is 1. The first-order valence-corrected chi connectivity index (χ1v) is 7.05. The van der Waals surface area contributed by atoms with Crippen LogP contribution in [0.4, 0.5) is 0 Å². The lowest BCUT2D eigenvalue weighted by atomic mass is 9.86. The summed E-state index contributed by atoms with van der Waals surface area (Å²) in [6, 6.07) is 10.1. The van der Waals surface area contributed by atoms with Crippen LogP contribution < -0.4 is 5.56 Å². The number of nitrogens with zero attached hydrogens (tertiary/aromatic N) is 2. The molecule has 108 valence electrons. The van der Waals surface area contributed by atoms with E-state index in [9.17, 15) is 4.79 Å². The highest BCUT2D eigenvalue weighted by Gasteiger charge is 2.13. The highest BCUT2D eigenvalue weighted by Crippen LogP contribution is 2.25. The largest absolute Gasteiger partial charge is 0.319 e. The third-order valence-electron chi connectivity index (χ3n) is 3.65. The van der Waals surface area contributed by atoms with E-state index in [-0.39, 0.29) is 11.0 Å². The van der Waals surface area contributed by atoms with Gasteiger partial charge in [-0.3, -0.25) is 4.79 Å². The van der Waals surface area contributed by atoms with Crippen molar-refractivity contribution in [2.45, 2.75) is 33.1 Å². The molecule has 1 N–H and O–H groups in total. The predicted octanol–water partition coefficient (Wildman–Crippen LogP) is 3.30. The van der Waals surface area contributed by atoms with Gasteiger partial charge >= 0.3 is 0 Å². The van der Waals surface area contributed by atoms with E-state index in [4.69, 9.17) is 0 Å². The second kappa shape index (κ2) is 4.58. The lowest BCUT2D eigenvalue weighted by Crippen LogP contribution is -2.12. The van der Waals surface area contributed by atoms with Crippen molar-refractivity contribution in [1.82, 2.24) is 14.6 Å². The van der Waals surface area contributed by atoms with Gasteiger partial charge < -0.3 is 4.98 Å². The molecule has 4 nitrogen and oxygen atoms in total. The van der Waals surface area contributed by atoms with E-state index in [1.807, 2.05) is 25.3 Å². The molecule has 0 radical (unpaired) electrons. The van der Waals surface area contributed by atoms with Gasteiger partial charge in [0.2, 0.25) is 0 Å². The lowest BCUT2D eigenvalue weighted by molar-refractivity contribution is 0.590. The summed E-state index contributed by atoms with van der Waals surface area (Å²) < 4.78 is 1.64. The molecule has 0 bridgehead atoms. The van der Waals surface area contributed by atoms with Crippen molar-refractivity contribution in [3.63, 3.8) is 0 Å². The summed E-state index contributed by atoms with van der Waals surface area (Å²) in [7, 11) is 0. The summed E-state index contributed by atoms with van der Waals surface area (Å²) in [6.45, 7) is 8.43. The van der Waals surface area contributed by atoms with Crippen molar-refractivity contribution in [1.29, 1.82) is 0 Å². The molecule has 0 amide bonds. The van der Waals surface area contributed by atoms with E-state index in [2.05, 4.69) is 43.0 Å². The van der Waals surface area contributed by atoms with E-state index in [0.717, 1.165) is 17.0 Å². The first-order chi connectivity index (χ1) is 9.84. The number of rotatable bonds is 1. The van der Waals surface area contributed by atoms with Crippen molar-refractivity contribution in [2.75, 3.05) is 0 Å². The number of hydrogen-bond acceptors (Lipinski definition) is 2. The monoisotopic (exact) mass is 281 g/mol. The molecule has 3 rings (SSSR count). The summed E-state index contributed by atoms with van der Waals surface area (Å²) in [5, 5.41) is 4.31. The molecule has 21 heavy (non-hydrogen) atoms. The maximum absolute atomic E-state index is 12.1. The summed E-state index contributed by atoms with van der Waals surface area (Å²) in [6.07, 6.45) is 1.86. The first kappa shape index (κ1) is 13.6. The Morgan fingerprint density at radius 3 is 2.43 bits per heavy atom. The zero-order valence-electron chi connectivity index (χ0n) is 12.8. The Morgan fingerprint density at radius 2 is 1.81 bits per heavy atom. The number of hydrogen-bond donors (Lipinski definition) is 1. The van der Waals surface area contributed by atoms with Crippen molar-refractivity contribution in [3.05, 3.63) is 58.1 Å². The average Bonchev–Trinajstić information content (AvgIpc) is 2.79. The third kappa shape index (κ3) is 2.49. The van der Waals surface area contributed by atoms with Gasteiger partial charge in [0.25, 0.3) is 5.56 Å². The maximum atomic E-state index is 12.1. The minimum atomic E-state index is -0.118. The molecule has 0 atom stereocenters. The molecule has 0 aliphatic rings. The quantitative estimate of drug-likeness (QED) is 0.744.